The second-order valence-corrected chi connectivity index (χ2v) is 5.17. The number of aryl methyl sites for hydroxylation is 1. The van der Waals surface area contributed by atoms with Crippen LogP contribution in [0.3, 0.4) is 0 Å². The largest absolute Gasteiger partial charge is 0.369 e. The molecule has 0 atom stereocenters. The summed E-state index contributed by atoms with van der Waals surface area (Å²) in [6.45, 7) is 1.65. The molecule has 2 aromatic carbocycles. The van der Waals surface area contributed by atoms with Gasteiger partial charge < -0.3 is 16.0 Å². The van der Waals surface area contributed by atoms with Gasteiger partial charge in [-0.15, -0.1) is 0 Å². The summed E-state index contributed by atoms with van der Waals surface area (Å²) in [5.41, 5.74) is 8.53. The third-order valence-electron chi connectivity index (χ3n) is 3.47. The highest BCUT2D eigenvalue weighted by molar-refractivity contribution is 6.04. The van der Waals surface area contributed by atoms with E-state index < -0.39 is 5.82 Å². The minimum Gasteiger partial charge on any atom is -0.369 e. The number of carbonyl (C=O) groups is 1. The summed E-state index contributed by atoms with van der Waals surface area (Å²) in [5.74, 6) is -0.413. The van der Waals surface area contributed by atoms with Gasteiger partial charge in [0.2, 0.25) is 0 Å². The van der Waals surface area contributed by atoms with E-state index in [0.717, 1.165) is 11.3 Å². The number of aromatic amines is 1. The van der Waals surface area contributed by atoms with E-state index in [1.165, 1.54) is 6.07 Å². The van der Waals surface area contributed by atoms with E-state index in [4.69, 9.17) is 5.73 Å². The molecular formula is C17H15FN4O. The van der Waals surface area contributed by atoms with Crippen LogP contribution >= 0.6 is 0 Å². The van der Waals surface area contributed by atoms with Crippen LogP contribution in [0.5, 0.6) is 0 Å². The lowest BCUT2D eigenvalue weighted by atomic mass is 10.1. The number of anilines is 2. The second-order valence-electron chi connectivity index (χ2n) is 5.17. The Kier molecular flexibility index (Phi) is 3.80. The Labute approximate surface area is 132 Å². The maximum atomic E-state index is 13.5. The van der Waals surface area contributed by atoms with Crippen LogP contribution in [0.15, 0.2) is 48.7 Å². The number of benzene rings is 2. The van der Waals surface area contributed by atoms with E-state index in [1.54, 1.807) is 37.4 Å². The first-order chi connectivity index (χ1) is 11.0. The zero-order chi connectivity index (χ0) is 16.4. The number of aromatic nitrogens is 2. The summed E-state index contributed by atoms with van der Waals surface area (Å²) in [7, 11) is 0. The fourth-order valence-electron chi connectivity index (χ4n) is 2.15. The van der Waals surface area contributed by atoms with E-state index in [0.29, 0.717) is 17.2 Å². The average Bonchev–Trinajstić information content (AvgIpc) is 2.97. The highest BCUT2D eigenvalue weighted by atomic mass is 19.1. The van der Waals surface area contributed by atoms with Gasteiger partial charge in [-0.3, -0.25) is 4.79 Å². The van der Waals surface area contributed by atoms with Gasteiger partial charge >= 0.3 is 0 Å². The van der Waals surface area contributed by atoms with Crippen molar-refractivity contribution in [2.24, 2.45) is 0 Å². The van der Waals surface area contributed by atoms with Crippen LogP contribution in [0, 0.1) is 12.7 Å². The van der Waals surface area contributed by atoms with Crippen LogP contribution < -0.4 is 11.1 Å². The fourth-order valence-corrected chi connectivity index (χ4v) is 2.15. The van der Waals surface area contributed by atoms with Gasteiger partial charge in [0.1, 0.15) is 5.82 Å². The number of H-pyrrole nitrogens is 1. The maximum absolute atomic E-state index is 13.5. The number of nitrogens with zero attached hydrogens (tertiary/aromatic N) is 1. The van der Waals surface area contributed by atoms with Gasteiger partial charge in [-0.05, 0) is 36.8 Å². The zero-order valence-electron chi connectivity index (χ0n) is 12.4. The molecule has 0 saturated carbocycles. The molecule has 0 spiro atoms. The Bertz CT molecular complexity index is 855. The number of amides is 1. The molecule has 0 fully saturated rings. The number of carbonyl (C=O) groups excluding carboxylic acids is 1. The van der Waals surface area contributed by atoms with Gasteiger partial charge in [-0.2, -0.15) is 0 Å². The minimum atomic E-state index is -0.399. The molecule has 0 saturated heterocycles. The van der Waals surface area contributed by atoms with Crippen molar-refractivity contribution in [3.05, 3.63) is 65.6 Å². The maximum Gasteiger partial charge on any atom is 0.255 e. The second kappa shape index (κ2) is 5.92. The molecule has 0 aliphatic heterocycles. The number of hydrogen-bond acceptors (Lipinski definition) is 3. The van der Waals surface area contributed by atoms with Gasteiger partial charge in [0.25, 0.3) is 5.91 Å². The Morgan fingerprint density at radius 1 is 1.22 bits per heavy atom. The number of rotatable bonds is 3. The van der Waals surface area contributed by atoms with Gasteiger partial charge in [0.15, 0.2) is 5.95 Å². The molecule has 1 heterocycles. The summed E-state index contributed by atoms with van der Waals surface area (Å²) >= 11 is 0. The summed E-state index contributed by atoms with van der Waals surface area (Å²) in [6.07, 6.45) is 1.71. The Morgan fingerprint density at radius 2 is 1.96 bits per heavy atom. The Hall–Kier alpha value is -3.15. The van der Waals surface area contributed by atoms with Gasteiger partial charge in [-0.25, -0.2) is 9.37 Å². The van der Waals surface area contributed by atoms with Gasteiger partial charge in [-0.1, -0.05) is 18.2 Å². The highest BCUT2D eigenvalue weighted by Gasteiger charge is 2.09. The third-order valence-corrected chi connectivity index (χ3v) is 3.47. The summed E-state index contributed by atoms with van der Waals surface area (Å²) in [6, 6.07) is 11.5. The molecule has 116 valence electrons. The van der Waals surface area contributed by atoms with Crippen molar-refractivity contribution >= 4 is 17.5 Å². The zero-order valence-corrected chi connectivity index (χ0v) is 12.4. The number of nitrogens with two attached hydrogens (primary N) is 1. The lowest BCUT2D eigenvalue weighted by Crippen LogP contribution is -2.12. The first-order valence-corrected chi connectivity index (χ1v) is 7.02. The molecule has 23 heavy (non-hydrogen) atoms. The third kappa shape index (κ3) is 3.21. The van der Waals surface area contributed by atoms with Crippen LogP contribution in [0.1, 0.15) is 15.9 Å². The van der Waals surface area contributed by atoms with Crippen molar-refractivity contribution in [3.63, 3.8) is 0 Å². The number of nitrogen functional groups attached to an aromatic ring is 1. The summed E-state index contributed by atoms with van der Waals surface area (Å²) in [5, 5.41) is 2.73. The van der Waals surface area contributed by atoms with E-state index in [2.05, 4.69) is 15.3 Å². The van der Waals surface area contributed by atoms with Crippen LogP contribution in [0.25, 0.3) is 11.3 Å². The standard InChI is InChI=1S/C17H15FN4O/c1-10-2-3-12(8-14(10)18)16(23)21-13-6-4-11(5-7-13)15-9-20-17(19)22-15/h2-9H,1H3,(H,21,23)(H3,19,20,22). The van der Waals surface area contributed by atoms with E-state index in [1.807, 2.05) is 12.1 Å². The molecule has 0 aliphatic rings. The van der Waals surface area contributed by atoms with Crippen molar-refractivity contribution in [2.45, 2.75) is 6.92 Å². The molecule has 5 nitrogen and oxygen atoms in total. The highest BCUT2D eigenvalue weighted by Crippen LogP contribution is 2.20. The predicted molar refractivity (Wildman–Crippen MR) is 87.5 cm³/mol. The summed E-state index contributed by atoms with van der Waals surface area (Å²) < 4.78 is 13.5. The topological polar surface area (TPSA) is 83.8 Å². The van der Waals surface area contributed by atoms with Crippen LogP contribution in [0.4, 0.5) is 16.0 Å². The monoisotopic (exact) mass is 310 g/mol. The molecular weight excluding hydrogens is 295 g/mol. The van der Waals surface area contributed by atoms with E-state index >= 15 is 0 Å². The van der Waals surface area contributed by atoms with Crippen LogP contribution in [-0.4, -0.2) is 15.9 Å². The molecule has 6 heteroatoms. The van der Waals surface area contributed by atoms with Crippen molar-refractivity contribution in [2.75, 3.05) is 11.1 Å². The van der Waals surface area contributed by atoms with Crippen LogP contribution in [-0.2, 0) is 0 Å². The summed E-state index contributed by atoms with van der Waals surface area (Å²) in [4.78, 5) is 19.1. The Morgan fingerprint density at radius 3 is 2.57 bits per heavy atom. The molecule has 1 amide bonds. The van der Waals surface area contributed by atoms with Crippen molar-refractivity contribution < 1.29 is 9.18 Å². The normalized spacial score (nSPS) is 10.5. The lowest BCUT2D eigenvalue weighted by molar-refractivity contribution is 0.102. The number of hydrogen-bond donors (Lipinski definition) is 3. The first-order valence-electron chi connectivity index (χ1n) is 7.02. The van der Waals surface area contributed by atoms with Crippen molar-refractivity contribution in [1.82, 2.24) is 9.97 Å². The SMILES string of the molecule is Cc1ccc(C(=O)Nc2ccc(-c3c[nH]c(N)n3)cc2)cc1F. The number of halogens is 1. The fraction of sp³-hybridized carbons (Fsp3) is 0.0588. The van der Waals surface area contributed by atoms with E-state index in [9.17, 15) is 9.18 Å². The van der Waals surface area contributed by atoms with Crippen molar-refractivity contribution in [1.29, 1.82) is 0 Å². The predicted octanol–water partition coefficient (Wildman–Crippen LogP) is 3.36. The Balaban J connectivity index is 1.75. The average molecular weight is 310 g/mol. The minimum absolute atomic E-state index is 0.275. The van der Waals surface area contributed by atoms with Crippen molar-refractivity contribution in [3.8, 4) is 11.3 Å². The smallest absolute Gasteiger partial charge is 0.255 e. The number of nitrogens with one attached hydrogen (secondary N) is 2. The first kappa shape index (κ1) is 14.8. The molecule has 4 N–H and O–H groups in total. The van der Waals surface area contributed by atoms with Crippen LogP contribution in [0.2, 0.25) is 0 Å². The lowest BCUT2D eigenvalue weighted by Gasteiger charge is -2.07. The molecule has 0 aliphatic carbocycles. The quantitative estimate of drug-likeness (QED) is 0.693. The van der Waals surface area contributed by atoms with Gasteiger partial charge in [0.05, 0.1) is 5.69 Å². The molecule has 0 unspecified atom stereocenters. The molecule has 1 aromatic heterocycles. The van der Waals surface area contributed by atoms with Gasteiger partial charge in [0, 0.05) is 23.0 Å². The molecule has 3 rings (SSSR count). The molecule has 0 bridgehead atoms. The number of imidazole rings is 1. The molecule has 0 radical (unpaired) electrons. The molecule has 3 aromatic rings. The van der Waals surface area contributed by atoms with E-state index in [-0.39, 0.29) is 11.5 Å².